The average molecular weight is 358 g/mol. The molecule has 4 nitrogen and oxygen atoms in total. The Morgan fingerprint density at radius 2 is 1.88 bits per heavy atom. The van der Waals surface area contributed by atoms with Crippen LogP contribution in [0.4, 0.5) is 0 Å². The van der Waals surface area contributed by atoms with E-state index in [1.165, 1.54) is 5.56 Å². The van der Waals surface area contributed by atoms with Crippen molar-refractivity contribution in [1.29, 1.82) is 0 Å². The number of pyridine rings is 1. The lowest BCUT2D eigenvalue weighted by atomic mass is 9.88. The molecule has 4 heterocycles. The van der Waals surface area contributed by atoms with E-state index in [4.69, 9.17) is 4.98 Å². The summed E-state index contributed by atoms with van der Waals surface area (Å²) in [4.78, 5) is 11.1. The molecular formula is C21H18N4S. The highest BCUT2D eigenvalue weighted by Crippen LogP contribution is 2.30. The van der Waals surface area contributed by atoms with E-state index in [1.807, 2.05) is 47.2 Å². The lowest BCUT2D eigenvalue weighted by molar-refractivity contribution is 0.589. The summed E-state index contributed by atoms with van der Waals surface area (Å²) in [7, 11) is 0. The molecule has 0 saturated carbocycles. The number of hydrogen-bond donors (Lipinski definition) is 0. The van der Waals surface area contributed by atoms with Crippen molar-refractivity contribution < 1.29 is 0 Å². The standard InChI is InChI=1S/C21H18N4S/c1-21(2,3)17-11-13-23-25-14-18(24-20(17)25)19-10-9-16(26-19)8-7-15-6-4-5-12-22-15/h4-6,9-14H,1-3H3. The second-order valence-corrected chi connectivity index (χ2v) is 8.10. The van der Waals surface area contributed by atoms with Crippen molar-refractivity contribution >= 4 is 17.0 Å². The number of rotatable bonds is 1. The molecule has 0 atom stereocenters. The molecule has 0 saturated heterocycles. The number of nitrogens with zero attached hydrogens (tertiary/aromatic N) is 4. The molecule has 0 N–H and O–H groups in total. The van der Waals surface area contributed by atoms with Crippen LogP contribution in [0.25, 0.3) is 16.2 Å². The number of aromatic nitrogens is 4. The molecule has 0 aliphatic rings. The third-order valence-corrected chi connectivity index (χ3v) is 5.03. The third kappa shape index (κ3) is 3.24. The molecule has 0 amide bonds. The predicted octanol–water partition coefficient (Wildman–Crippen LogP) is 4.55. The minimum atomic E-state index is 0.0155. The van der Waals surface area contributed by atoms with Crippen LogP contribution in [0.15, 0.2) is 55.0 Å². The van der Waals surface area contributed by atoms with E-state index in [1.54, 1.807) is 17.5 Å². The van der Waals surface area contributed by atoms with Crippen molar-refractivity contribution in [2.75, 3.05) is 0 Å². The molecule has 0 radical (unpaired) electrons. The molecule has 0 aliphatic heterocycles. The molecule has 128 valence electrons. The summed E-state index contributed by atoms with van der Waals surface area (Å²) in [5, 5.41) is 4.41. The van der Waals surface area contributed by atoms with E-state index in [0.717, 1.165) is 26.8 Å². The van der Waals surface area contributed by atoms with E-state index >= 15 is 0 Å². The van der Waals surface area contributed by atoms with Gasteiger partial charge in [-0.15, -0.1) is 11.3 Å². The zero-order valence-electron chi connectivity index (χ0n) is 14.9. The molecule has 0 aliphatic carbocycles. The molecule has 5 heteroatoms. The zero-order chi connectivity index (χ0) is 18.1. The lowest BCUT2D eigenvalue weighted by Crippen LogP contribution is -2.13. The first kappa shape index (κ1) is 16.5. The summed E-state index contributed by atoms with van der Waals surface area (Å²) in [6.07, 6.45) is 5.56. The van der Waals surface area contributed by atoms with Gasteiger partial charge in [0.2, 0.25) is 0 Å². The fourth-order valence-corrected chi connectivity index (χ4v) is 3.52. The molecule has 4 rings (SSSR count). The Labute approximate surface area is 156 Å². The Morgan fingerprint density at radius 3 is 2.65 bits per heavy atom. The van der Waals surface area contributed by atoms with Crippen LogP contribution in [0, 0.1) is 11.8 Å². The fourth-order valence-electron chi connectivity index (χ4n) is 2.71. The van der Waals surface area contributed by atoms with E-state index in [0.29, 0.717) is 0 Å². The van der Waals surface area contributed by atoms with Gasteiger partial charge < -0.3 is 0 Å². The smallest absolute Gasteiger partial charge is 0.157 e. The monoisotopic (exact) mass is 358 g/mol. The van der Waals surface area contributed by atoms with E-state index in [2.05, 4.69) is 48.8 Å². The molecule has 0 aromatic carbocycles. The Hall–Kier alpha value is -2.97. The molecule has 26 heavy (non-hydrogen) atoms. The number of thiophene rings is 1. The summed E-state index contributed by atoms with van der Waals surface area (Å²) < 4.78 is 1.86. The van der Waals surface area contributed by atoms with Crippen molar-refractivity contribution in [1.82, 2.24) is 19.6 Å². The van der Waals surface area contributed by atoms with Gasteiger partial charge in [-0.1, -0.05) is 26.8 Å². The minimum absolute atomic E-state index is 0.0155. The Kier molecular flexibility index (Phi) is 4.06. The zero-order valence-corrected chi connectivity index (χ0v) is 15.7. The van der Waals surface area contributed by atoms with E-state index < -0.39 is 0 Å². The minimum Gasteiger partial charge on any atom is -0.248 e. The topological polar surface area (TPSA) is 43.1 Å². The first-order chi connectivity index (χ1) is 12.5. The maximum atomic E-state index is 4.83. The van der Waals surface area contributed by atoms with Gasteiger partial charge in [0.15, 0.2) is 5.65 Å². The normalized spacial score (nSPS) is 11.3. The number of hydrogen-bond acceptors (Lipinski definition) is 4. The summed E-state index contributed by atoms with van der Waals surface area (Å²) in [6.45, 7) is 6.56. The van der Waals surface area contributed by atoms with Crippen LogP contribution in [0.5, 0.6) is 0 Å². The van der Waals surface area contributed by atoms with Crippen molar-refractivity contribution in [2.45, 2.75) is 26.2 Å². The van der Waals surface area contributed by atoms with Gasteiger partial charge in [0.25, 0.3) is 0 Å². The maximum absolute atomic E-state index is 4.83. The van der Waals surface area contributed by atoms with Crippen LogP contribution in [0.1, 0.15) is 36.9 Å². The van der Waals surface area contributed by atoms with Gasteiger partial charge in [-0.2, -0.15) is 5.10 Å². The van der Waals surface area contributed by atoms with Crippen molar-refractivity contribution in [2.24, 2.45) is 0 Å². The highest BCUT2D eigenvalue weighted by atomic mass is 32.1. The SMILES string of the molecule is CC(C)(C)c1ccnn2cc(-c3ccc(C#Cc4ccccn4)s3)nc12. The average Bonchev–Trinajstić information content (AvgIpc) is 3.26. The molecule has 0 bridgehead atoms. The first-order valence-corrected chi connectivity index (χ1v) is 9.20. The van der Waals surface area contributed by atoms with Crippen LogP contribution in [-0.4, -0.2) is 19.6 Å². The molecule has 0 spiro atoms. The second kappa shape index (κ2) is 6.40. The Balaban J connectivity index is 1.69. The summed E-state index contributed by atoms with van der Waals surface area (Å²) >= 11 is 1.63. The molecule has 0 unspecified atom stereocenters. The van der Waals surface area contributed by atoms with Crippen LogP contribution >= 0.6 is 11.3 Å². The molecule has 4 aromatic heterocycles. The van der Waals surface area contributed by atoms with Gasteiger partial charge in [-0.3, -0.25) is 0 Å². The van der Waals surface area contributed by atoms with Gasteiger partial charge in [-0.25, -0.2) is 14.5 Å². The van der Waals surface area contributed by atoms with Crippen LogP contribution < -0.4 is 0 Å². The largest absolute Gasteiger partial charge is 0.248 e. The van der Waals surface area contributed by atoms with Crippen molar-refractivity contribution in [3.8, 4) is 22.4 Å². The quantitative estimate of drug-likeness (QED) is 0.469. The fraction of sp³-hybridized carbons (Fsp3) is 0.190. The molecular weight excluding hydrogens is 340 g/mol. The van der Waals surface area contributed by atoms with Gasteiger partial charge in [0.05, 0.1) is 16.0 Å². The van der Waals surface area contributed by atoms with Gasteiger partial charge in [0, 0.05) is 18.0 Å². The van der Waals surface area contributed by atoms with Crippen molar-refractivity contribution in [3.05, 3.63) is 71.1 Å². The van der Waals surface area contributed by atoms with E-state index in [9.17, 15) is 0 Å². The van der Waals surface area contributed by atoms with Gasteiger partial charge in [-0.05, 0) is 47.6 Å². The molecule has 4 aromatic rings. The number of fused-ring (bicyclic) bond motifs is 1. The van der Waals surface area contributed by atoms with Crippen LogP contribution in [0.2, 0.25) is 0 Å². The van der Waals surface area contributed by atoms with E-state index in [-0.39, 0.29) is 5.41 Å². The highest BCUT2D eigenvalue weighted by molar-refractivity contribution is 7.16. The van der Waals surface area contributed by atoms with Crippen LogP contribution in [-0.2, 0) is 5.41 Å². The first-order valence-electron chi connectivity index (χ1n) is 8.39. The second-order valence-electron chi connectivity index (χ2n) is 7.02. The Morgan fingerprint density at radius 1 is 1.00 bits per heavy atom. The predicted molar refractivity (Wildman–Crippen MR) is 105 cm³/mol. The highest BCUT2D eigenvalue weighted by Gasteiger charge is 2.20. The Bertz CT molecular complexity index is 1120. The molecule has 0 fully saturated rings. The van der Waals surface area contributed by atoms with Crippen molar-refractivity contribution in [3.63, 3.8) is 0 Å². The lowest BCUT2D eigenvalue weighted by Gasteiger charge is -2.18. The summed E-state index contributed by atoms with van der Waals surface area (Å²) in [6, 6.07) is 11.9. The number of imidazole rings is 1. The third-order valence-electron chi connectivity index (χ3n) is 4.01. The maximum Gasteiger partial charge on any atom is 0.157 e. The van der Waals surface area contributed by atoms with Gasteiger partial charge in [0.1, 0.15) is 11.4 Å². The summed E-state index contributed by atoms with van der Waals surface area (Å²) in [5.41, 5.74) is 3.80. The van der Waals surface area contributed by atoms with Crippen LogP contribution in [0.3, 0.4) is 0 Å². The summed E-state index contributed by atoms with van der Waals surface area (Å²) in [5.74, 6) is 6.27. The van der Waals surface area contributed by atoms with Gasteiger partial charge >= 0.3 is 0 Å².